The molecule has 0 aliphatic rings. The van der Waals surface area contributed by atoms with Gasteiger partial charge in [-0.3, -0.25) is 0 Å². The Hall–Kier alpha value is -0.670. The molecule has 0 aliphatic heterocycles. The average Bonchev–Trinajstić information content (AvgIpc) is 2.36. The maximum atomic E-state index is 6.14. The Kier molecular flexibility index (Phi) is 4.23. The van der Waals surface area contributed by atoms with Gasteiger partial charge in [0.15, 0.2) is 0 Å². The number of ether oxygens (including phenoxy) is 1. The Morgan fingerprint density at radius 1 is 0.944 bits per heavy atom. The van der Waals surface area contributed by atoms with Crippen LogP contribution in [0, 0.1) is 0 Å². The van der Waals surface area contributed by atoms with Gasteiger partial charge in [0.2, 0.25) is 5.88 Å². The normalized spacial score (nSPS) is 10.5. The molecule has 0 bridgehead atoms. The standard InChI is InChI=1S/C12H7Cl4NO/c1-18-9-5-2-6(12(16)17-9)10-7(13)3-4-8(14)11(10)15/h2-5H,1H3. The highest BCUT2D eigenvalue weighted by Crippen LogP contribution is 2.41. The molecule has 6 heteroatoms. The molecule has 0 saturated heterocycles. The minimum absolute atomic E-state index is 0.250. The van der Waals surface area contributed by atoms with Gasteiger partial charge in [0, 0.05) is 17.2 Å². The number of hydrogen-bond acceptors (Lipinski definition) is 2. The van der Waals surface area contributed by atoms with E-state index in [0.717, 1.165) is 0 Å². The third kappa shape index (κ3) is 2.52. The molecule has 0 saturated carbocycles. The van der Waals surface area contributed by atoms with Crippen LogP contribution in [-0.2, 0) is 0 Å². The first kappa shape index (κ1) is 13.8. The molecule has 0 spiro atoms. The molecule has 1 aromatic carbocycles. The number of rotatable bonds is 2. The molecular weight excluding hydrogens is 316 g/mol. The van der Waals surface area contributed by atoms with E-state index in [4.69, 9.17) is 51.1 Å². The van der Waals surface area contributed by atoms with E-state index < -0.39 is 0 Å². The van der Waals surface area contributed by atoms with Crippen LogP contribution in [0.5, 0.6) is 5.88 Å². The monoisotopic (exact) mass is 321 g/mol. The zero-order chi connectivity index (χ0) is 13.3. The number of pyridine rings is 1. The highest BCUT2D eigenvalue weighted by Gasteiger charge is 2.15. The van der Waals surface area contributed by atoms with Gasteiger partial charge in [-0.2, -0.15) is 0 Å². The molecule has 0 amide bonds. The molecule has 18 heavy (non-hydrogen) atoms. The summed E-state index contributed by atoms with van der Waals surface area (Å²) >= 11 is 24.3. The molecule has 0 atom stereocenters. The van der Waals surface area contributed by atoms with Crippen LogP contribution in [0.3, 0.4) is 0 Å². The smallest absolute Gasteiger partial charge is 0.214 e. The lowest BCUT2D eigenvalue weighted by atomic mass is 10.1. The predicted octanol–water partition coefficient (Wildman–Crippen LogP) is 5.37. The largest absolute Gasteiger partial charge is 0.481 e. The van der Waals surface area contributed by atoms with E-state index in [-0.39, 0.29) is 5.15 Å². The van der Waals surface area contributed by atoms with Gasteiger partial charge >= 0.3 is 0 Å². The zero-order valence-electron chi connectivity index (χ0n) is 9.18. The lowest BCUT2D eigenvalue weighted by Gasteiger charge is -2.10. The summed E-state index contributed by atoms with van der Waals surface area (Å²) in [7, 11) is 1.51. The van der Waals surface area contributed by atoms with Crippen molar-refractivity contribution in [3.63, 3.8) is 0 Å². The zero-order valence-corrected chi connectivity index (χ0v) is 12.2. The molecule has 0 N–H and O–H groups in total. The van der Waals surface area contributed by atoms with Crippen molar-refractivity contribution in [3.8, 4) is 17.0 Å². The molecule has 1 heterocycles. The molecule has 0 fully saturated rings. The summed E-state index contributed by atoms with van der Waals surface area (Å²) in [4.78, 5) is 4.06. The van der Waals surface area contributed by atoms with Gasteiger partial charge in [-0.15, -0.1) is 0 Å². The van der Waals surface area contributed by atoms with Gasteiger partial charge in [-0.1, -0.05) is 46.4 Å². The number of benzene rings is 1. The van der Waals surface area contributed by atoms with E-state index in [9.17, 15) is 0 Å². The second-order valence-electron chi connectivity index (χ2n) is 3.41. The topological polar surface area (TPSA) is 22.1 Å². The third-order valence-electron chi connectivity index (χ3n) is 2.35. The van der Waals surface area contributed by atoms with Crippen molar-refractivity contribution in [2.24, 2.45) is 0 Å². The maximum Gasteiger partial charge on any atom is 0.214 e. The van der Waals surface area contributed by atoms with Crippen LogP contribution < -0.4 is 4.74 Å². The Bertz CT molecular complexity index is 601. The fraction of sp³-hybridized carbons (Fsp3) is 0.0833. The van der Waals surface area contributed by atoms with E-state index in [0.29, 0.717) is 32.1 Å². The Balaban J connectivity index is 2.66. The molecule has 0 aliphatic carbocycles. The number of methoxy groups -OCH3 is 1. The average molecular weight is 323 g/mol. The van der Waals surface area contributed by atoms with E-state index in [2.05, 4.69) is 4.98 Å². The predicted molar refractivity (Wildman–Crippen MR) is 76.3 cm³/mol. The van der Waals surface area contributed by atoms with Crippen molar-refractivity contribution in [2.75, 3.05) is 7.11 Å². The SMILES string of the molecule is COc1ccc(-c2c(Cl)ccc(Cl)c2Cl)c(Cl)n1. The van der Waals surface area contributed by atoms with E-state index in [1.165, 1.54) is 7.11 Å². The quantitative estimate of drug-likeness (QED) is 0.547. The molecule has 2 rings (SSSR count). The first-order valence-corrected chi connectivity index (χ1v) is 6.40. The molecule has 1 aromatic heterocycles. The van der Waals surface area contributed by atoms with Crippen LogP contribution in [0.4, 0.5) is 0 Å². The first-order valence-electron chi connectivity index (χ1n) is 4.89. The Morgan fingerprint density at radius 3 is 2.22 bits per heavy atom. The number of aromatic nitrogens is 1. The van der Waals surface area contributed by atoms with Gasteiger partial charge in [0.05, 0.1) is 22.2 Å². The summed E-state index contributed by atoms with van der Waals surface area (Å²) in [5.41, 5.74) is 1.17. The van der Waals surface area contributed by atoms with Crippen LogP contribution in [0.2, 0.25) is 20.2 Å². The van der Waals surface area contributed by atoms with Crippen LogP contribution >= 0.6 is 46.4 Å². The molecule has 0 radical (unpaired) electrons. The molecule has 2 aromatic rings. The minimum atomic E-state index is 0.250. The van der Waals surface area contributed by atoms with Crippen molar-refractivity contribution < 1.29 is 4.74 Å². The van der Waals surface area contributed by atoms with Crippen LogP contribution in [-0.4, -0.2) is 12.1 Å². The summed E-state index contributed by atoms with van der Waals surface area (Å²) in [6.45, 7) is 0. The van der Waals surface area contributed by atoms with Crippen molar-refractivity contribution in [1.29, 1.82) is 0 Å². The number of nitrogens with zero attached hydrogens (tertiary/aromatic N) is 1. The summed E-state index contributed by atoms with van der Waals surface area (Å²) in [5.74, 6) is 0.415. The summed E-state index contributed by atoms with van der Waals surface area (Å²) in [6.07, 6.45) is 0. The fourth-order valence-corrected chi connectivity index (χ4v) is 2.46. The van der Waals surface area contributed by atoms with Crippen molar-refractivity contribution in [3.05, 3.63) is 44.5 Å². The minimum Gasteiger partial charge on any atom is -0.481 e. The number of halogens is 4. The summed E-state index contributed by atoms with van der Waals surface area (Å²) in [6, 6.07) is 6.69. The maximum absolute atomic E-state index is 6.14. The van der Waals surface area contributed by atoms with E-state index in [1.54, 1.807) is 24.3 Å². The van der Waals surface area contributed by atoms with Crippen LogP contribution in [0.1, 0.15) is 0 Å². The lowest BCUT2D eigenvalue weighted by molar-refractivity contribution is 0.398. The fourth-order valence-electron chi connectivity index (χ4n) is 1.49. The number of hydrogen-bond donors (Lipinski definition) is 0. The van der Waals surface area contributed by atoms with Gasteiger partial charge in [-0.25, -0.2) is 4.98 Å². The summed E-state index contributed by atoms with van der Waals surface area (Å²) < 4.78 is 4.98. The highest BCUT2D eigenvalue weighted by molar-refractivity contribution is 6.46. The molecule has 0 unspecified atom stereocenters. The van der Waals surface area contributed by atoms with E-state index in [1.807, 2.05) is 0 Å². The van der Waals surface area contributed by atoms with Crippen LogP contribution in [0.15, 0.2) is 24.3 Å². The van der Waals surface area contributed by atoms with E-state index >= 15 is 0 Å². The summed E-state index contributed by atoms with van der Waals surface area (Å²) in [5, 5.41) is 1.46. The second kappa shape index (κ2) is 5.54. The van der Waals surface area contributed by atoms with Gasteiger partial charge in [0.1, 0.15) is 5.15 Å². The van der Waals surface area contributed by atoms with Gasteiger partial charge < -0.3 is 4.74 Å². The molecule has 2 nitrogen and oxygen atoms in total. The highest BCUT2D eigenvalue weighted by atomic mass is 35.5. The second-order valence-corrected chi connectivity index (χ2v) is 4.96. The first-order chi connectivity index (χ1) is 8.54. The Labute approximate surface area is 124 Å². The Morgan fingerprint density at radius 2 is 1.61 bits per heavy atom. The van der Waals surface area contributed by atoms with Crippen LogP contribution in [0.25, 0.3) is 11.1 Å². The van der Waals surface area contributed by atoms with Gasteiger partial charge in [0.25, 0.3) is 0 Å². The lowest BCUT2D eigenvalue weighted by Crippen LogP contribution is -1.91. The van der Waals surface area contributed by atoms with Crippen molar-refractivity contribution >= 4 is 46.4 Å². The van der Waals surface area contributed by atoms with Crippen molar-refractivity contribution in [2.45, 2.75) is 0 Å². The molecular formula is C12H7Cl4NO. The van der Waals surface area contributed by atoms with Gasteiger partial charge in [-0.05, 0) is 18.2 Å². The van der Waals surface area contributed by atoms with Crippen molar-refractivity contribution in [1.82, 2.24) is 4.98 Å². The third-order valence-corrected chi connectivity index (χ3v) is 3.75. The molecule has 94 valence electrons.